The Labute approximate surface area is 134 Å². The molecule has 2 rings (SSSR count). The van der Waals surface area contributed by atoms with Crippen molar-refractivity contribution in [3.05, 3.63) is 63.9 Å². The Bertz CT molecular complexity index is 713. The largest absolute Gasteiger partial charge is 0.508 e. The number of hydrogen-bond donors (Lipinski definition) is 1. The smallest absolute Gasteiger partial charge is 0.321 e. The summed E-state index contributed by atoms with van der Waals surface area (Å²) in [6.07, 6.45) is 0. The Morgan fingerprint density at radius 1 is 1.18 bits per heavy atom. The highest BCUT2D eigenvalue weighted by Crippen LogP contribution is 2.32. The molecule has 114 valence electrons. The zero-order chi connectivity index (χ0) is 16.3. The van der Waals surface area contributed by atoms with E-state index in [1.807, 2.05) is 0 Å². The Kier molecular flexibility index (Phi) is 4.92. The summed E-state index contributed by atoms with van der Waals surface area (Å²) >= 11 is 3.23. The van der Waals surface area contributed by atoms with E-state index in [-0.39, 0.29) is 16.9 Å². The van der Waals surface area contributed by atoms with Crippen molar-refractivity contribution in [3.8, 4) is 5.75 Å². The normalized spacial score (nSPS) is 11.8. The van der Waals surface area contributed by atoms with Crippen molar-refractivity contribution in [2.45, 2.75) is 5.92 Å². The number of phenolic OH excluding ortho intramolecular Hbond substituents is 1. The second-order valence-electron chi connectivity index (χ2n) is 4.53. The first-order valence-corrected chi connectivity index (χ1v) is 7.09. The van der Waals surface area contributed by atoms with Gasteiger partial charge in [0.05, 0.1) is 7.11 Å². The molecule has 0 heterocycles. The number of Topliss-reactive ketones (excluding diaryl/α,β-unsaturated/α-hetero) is 1. The minimum absolute atomic E-state index is 0.121. The molecule has 4 nitrogen and oxygen atoms in total. The minimum atomic E-state index is -1.33. The van der Waals surface area contributed by atoms with E-state index >= 15 is 0 Å². The third-order valence-electron chi connectivity index (χ3n) is 3.13. The van der Waals surface area contributed by atoms with Crippen LogP contribution in [0.2, 0.25) is 0 Å². The number of esters is 1. The van der Waals surface area contributed by atoms with Gasteiger partial charge in [-0.3, -0.25) is 9.59 Å². The van der Waals surface area contributed by atoms with E-state index in [4.69, 9.17) is 0 Å². The lowest BCUT2D eigenvalue weighted by molar-refractivity contribution is -0.141. The van der Waals surface area contributed by atoms with E-state index in [0.717, 1.165) is 19.2 Å². The first kappa shape index (κ1) is 16.2. The highest BCUT2D eigenvalue weighted by Gasteiger charge is 2.32. The summed E-state index contributed by atoms with van der Waals surface area (Å²) in [5, 5.41) is 9.95. The molecule has 1 atom stereocenters. The summed E-state index contributed by atoms with van der Waals surface area (Å²) in [6.45, 7) is 0. The van der Waals surface area contributed by atoms with Gasteiger partial charge in [-0.1, -0.05) is 15.9 Å². The molecule has 0 aliphatic carbocycles. The van der Waals surface area contributed by atoms with Gasteiger partial charge in [0.25, 0.3) is 0 Å². The first-order chi connectivity index (χ1) is 10.4. The topological polar surface area (TPSA) is 63.6 Å². The van der Waals surface area contributed by atoms with Crippen LogP contribution in [0.15, 0.2) is 46.9 Å². The van der Waals surface area contributed by atoms with Crippen LogP contribution < -0.4 is 0 Å². The minimum Gasteiger partial charge on any atom is -0.508 e. The molecule has 22 heavy (non-hydrogen) atoms. The SMILES string of the molecule is COC(=O)C(C(=O)c1ccc(F)cc1)c1cc(Br)ccc1O. The van der Waals surface area contributed by atoms with Gasteiger partial charge in [-0.25, -0.2) is 4.39 Å². The molecule has 0 aliphatic heterocycles. The summed E-state index contributed by atoms with van der Waals surface area (Å²) in [4.78, 5) is 24.6. The summed E-state index contributed by atoms with van der Waals surface area (Å²) in [5.74, 6) is -3.40. The fourth-order valence-electron chi connectivity index (χ4n) is 2.03. The fourth-order valence-corrected chi connectivity index (χ4v) is 2.41. The lowest BCUT2D eigenvalue weighted by atomic mass is 9.90. The van der Waals surface area contributed by atoms with Crippen LogP contribution in [0.5, 0.6) is 5.75 Å². The van der Waals surface area contributed by atoms with Crippen LogP contribution in [0, 0.1) is 5.82 Å². The number of rotatable bonds is 4. The predicted octanol–water partition coefficient (Wildman–Crippen LogP) is 3.43. The molecule has 0 aliphatic rings. The van der Waals surface area contributed by atoms with E-state index in [2.05, 4.69) is 20.7 Å². The molecule has 0 saturated heterocycles. The van der Waals surface area contributed by atoms with E-state index in [0.29, 0.717) is 4.47 Å². The summed E-state index contributed by atoms with van der Waals surface area (Å²) in [7, 11) is 1.16. The fraction of sp³-hybridized carbons (Fsp3) is 0.125. The van der Waals surface area contributed by atoms with E-state index in [9.17, 15) is 19.1 Å². The Balaban J connectivity index is 2.50. The Morgan fingerprint density at radius 2 is 1.82 bits per heavy atom. The number of hydrogen-bond acceptors (Lipinski definition) is 4. The molecule has 1 unspecified atom stereocenters. The van der Waals surface area contributed by atoms with E-state index in [1.165, 1.54) is 24.3 Å². The van der Waals surface area contributed by atoms with Crippen molar-refractivity contribution in [2.75, 3.05) is 7.11 Å². The number of carbonyl (C=O) groups is 2. The van der Waals surface area contributed by atoms with Crippen LogP contribution in [-0.2, 0) is 9.53 Å². The van der Waals surface area contributed by atoms with Crippen molar-refractivity contribution in [1.29, 1.82) is 0 Å². The van der Waals surface area contributed by atoms with Crippen LogP contribution in [0.25, 0.3) is 0 Å². The van der Waals surface area contributed by atoms with Gasteiger partial charge < -0.3 is 9.84 Å². The zero-order valence-electron chi connectivity index (χ0n) is 11.5. The van der Waals surface area contributed by atoms with Crippen molar-refractivity contribution >= 4 is 27.7 Å². The molecule has 2 aromatic carbocycles. The van der Waals surface area contributed by atoms with Crippen molar-refractivity contribution < 1.29 is 23.8 Å². The molecular formula is C16H12BrFO4. The average molecular weight is 367 g/mol. The average Bonchev–Trinajstić information content (AvgIpc) is 2.51. The maximum Gasteiger partial charge on any atom is 0.321 e. The number of ketones is 1. The third kappa shape index (κ3) is 3.33. The van der Waals surface area contributed by atoms with E-state index < -0.39 is 23.5 Å². The van der Waals surface area contributed by atoms with Gasteiger partial charge in [-0.15, -0.1) is 0 Å². The van der Waals surface area contributed by atoms with Crippen LogP contribution >= 0.6 is 15.9 Å². The van der Waals surface area contributed by atoms with Gasteiger partial charge in [0.2, 0.25) is 0 Å². The van der Waals surface area contributed by atoms with Crippen LogP contribution in [0.4, 0.5) is 4.39 Å². The van der Waals surface area contributed by atoms with Crippen molar-refractivity contribution in [1.82, 2.24) is 0 Å². The molecule has 0 spiro atoms. The molecule has 0 fully saturated rings. The highest BCUT2D eigenvalue weighted by atomic mass is 79.9. The number of halogens is 2. The number of aromatic hydroxyl groups is 1. The molecule has 0 amide bonds. The molecule has 0 radical (unpaired) electrons. The van der Waals surface area contributed by atoms with Crippen molar-refractivity contribution in [3.63, 3.8) is 0 Å². The molecule has 0 saturated carbocycles. The van der Waals surface area contributed by atoms with Gasteiger partial charge in [-0.2, -0.15) is 0 Å². The standard InChI is InChI=1S/C16H12BrFO4/c1-22-16(21)14(12-8-10(17)4-7-13(12)19)15(20)9-2-5-11(18)6-3-9/h2-8,14,19H,1H3. The summed E-state index contributed by atoms with van der Waals surface area (Å²) in [5.41, 5.74) is 0.270. The highest BCUT2D eigenvalue weighted by molar-refractivity contribution is 9.10. The van der Waals surface area contributed by atoms with Gasteiger partial charge in [-0.05, 0) is 42.5 Å². The molecule has 1 N–H and O–H groups in total. The Morgan fingerprint density at radius 3 is 2.41 bits per heavy atom. The first-order valence-electron chi connectivity index (χ1n) is 6.30. The van der Waals surface area contributed by atoms with Gasteiger partial charge in [0, 0.05) is 15.6 Å². The van der Waals surface area contributed by atoms with Gasteiger partial charge >= 0.3 is 5.97 Å². The molecular weight excluding hydrogens is 355 g/mol. The predicted molar refractivity (Wildman–Crippen MR) is 81.3 cm³/mol. The molecule has 6 heteroatoms. The zero-order valence-corrected chi connectivity index (χ0v) is 13.1. The maximum absolute atomic E-state index is 13.0. The lowest BCUT2D eigenvalue weighted by Gasteiger charge is -2.16. The van der Waals surface area contributed by atoms with Gasteiger partial charge in [0.15, 0.2) is 5.78 Å². The molecule has 0 bridgehead atoms. The quantitative estimate of drug-likeness (QED) is 0.511. The number of ether oxygens (including phenoxy) is 1. The number of phenols is 1. The van der Waals surface area contributed by atoms with Crippen LogP contribution in [-0.4, -0.2) is 24.0 Å². The van der Waals surface area contributed by atoms with Crippen LogP contribution in [0.1, 0.15) is 21.8 Å². The summed E-state index contributed by atoms with van der Waals surface area (Å²) < 4.78 is 18.2. The van der Waals surface area contributed by atoms with Crippen LogP contribution in [0.3, 0.4) is 0 Å². The monoisotopic (exact) mass is 366 g/mol. The third-order valence-corrected chi connectivity index (χ3v) is 3.62. The molecule has 0 aromatic heterocycles. The Hall–Kier alpha value is -2.21. The maximum atomic E-state index is 13.0. The molecule has 2 aromatic rings. The lowest BCUT2D eigenvalue weighted by Crippen LogP contribution is -2.23. The second-order valence-corrected chi connectivity index (χ2v) is 5.45. The summed E-state index contributed by atoms with van der Waals surface area (Å²) in [6, 6.07) is 9.23. The number of benzene rings is 2. The number of methoxy groups -OCH3 is 1. The van der Waals surface area contributed by atoms with Gasteiger partial charge in [0.1, 0.15) is 17.5 Å². The van der Waals surface area contributed by atoms with Crippen molar-refractivity contribution in [2.24, 2.45) is 0 Å². The second kappa shape index (κ2) is 6.70. The van der Waals surface area contributed by atoms with E-state index in [1.54, 1.807) is 6.07 Å². The number of carbonyl (C=O) groups excluding carboxylic acids is 2.